The van der Waals surface area contributed by atoms with Crippen LogP contribution < -0.4 is 10.0 Å². The number of benzene rings is 1. The number of halogens is 4. The molecule has 1 atom stereocenters. The van der Waals surface area contributed by atoms with Crippen molar-refractivity contribution in [2.75, 3.05) is 12.8 Å². The van der Waals surface area contributed by atoms with E-state index in [4.69, 9.17) is 0 Å². The first kappa shape index (κ1) is 18.4. The van der Waals surface area contributed by atoms with Crippen molar-refractivity contribution >= 4 is 15.9 Å². The molecular weight excluding hydrogens is 328 g/mol. The predicted molar refractivity (Wildman–Crippen MR) is 70.8 cm³/mol. The second-order valence-corrected chi connectivity index (χ2v) is 6.45. The number of hydrogen-bond donors (Lipinski definition) is 2. The van der Waals surface area contributed by atoms with E-state index in [9.17, 15) is 30.8 Å². The maximum Gasteiger partial charge on any atom is 0.419 e. The largest absolute Gasteiger partial charge is 0.419 e. The molecule has 10 heteroatoms. The minimum Gasteiger partial charge on any atom is -0.348 e. The Morgan fingerprint density at radius 3 is 2.41 bits per heavy atom. The van der Waals surface area contributed by atoms with Crippen LogP contribution in [0.4, 0.5) is 17.6 Å². The molecule has 0 bridgehead atoms. The van der Waals surface area contributed by atoms with E-state index in [-0.39, 0.29) is 5.56 Å². The molecule has 0 heterocycles. The summed E-state index contributed by atoms with van der Waals surface area (Å²) in [5, 5.41) is 2.31. The third-order valence-electron chi connectivity index (χ3n) is 2.67. The Kier molecular flexibility index (Phi) is 5.52. The highest BCUT2D eigenvalue weighted by atomic mass is 32.2. The number of sulfonamides is 1. The maximum absolute atomic E-state index is 13.2. The third-order valence-corrected chi connectivity index (χ3v) is 3.34. The summed E-state index contributed by atoms with van der Waals surface area (Å²) in [7, 11) is -3.56. The van der Waals surface area contributed by atoms with Crippen LogP contribution in [0.15, 0.2) is 18.2 Å². The maximum atomic E-state index is 13.2. The van der Waals surface area contributed by atoms with Gasteiger partial charge in [0, 0.05) is 0 Å². The lowest BCUT2D eigenvalue weighted by molar-refractivity contribution is -0.140. The molecule has 0 aliphatic heterocycles. The quantitative estimate of drug-likeness (QED) is 0.798. The van der Waals surface area contributed by atoms with Crippen molar-refractivity contribution in [3.8, 4) is 0 Å². The van der Waals surface area contributed by atoms with Crippen LogP contribution in [-0.4, -0.2) is 27.1 Å². The van der Waals surface area contributed by atoms with Crippen LogP contribution in [-0.2, 0) is 21.0 Å². The fourth-order valence-corrected chi connectivity index (χ4v) is 2.00. The monoisotopic (exact) mass is 342 g/mol. The van der Waals surface area contributed by atoms with Crippen LogP contribution in [0.3, 0.4) is 0 Å². The Balaban J connectivity index is 2.82. The van der Waals surface area contributed by atoms with Crippen LogP contribution in [0.25, 0.3) is 0 Å². The molecule has 1 aromatic carbocycles. The molecule has 2 N–H and O–H groups in total. The number of carbonyl (C=O) groups excluding carboxylic acids is 1. The van der Waals surface area contributed by atoms with Crippen molar-refractivity contribution in [3.63, 3.8) is 0 Å². The average molecular weight is 342 g/mol. The summed E-state index contributed by atoms with van der Waals surface area (Å²) < 4.78 is 74.6. The molecule has 1 amide bonds. The number of hydrogen-bond acceptors (Lipinski definition) is 3. The summed E-state index contributed by atoms with van der Waals surface area (Å²) in [4.78, 5) is 11.5. The summed E-state index contributed by atoms with van der Waals surface area (Å²) in [5.41, 5.74) is -1.39. The van der Waals surface area contributed by atoms with Crippen molar-refractivity contribution in [2.24, 2.45) is 0 Å². The first-order chi connectivity index (χ1) is 9.90. The smallest absolute Gasteiger partial charge is 0.348 e. The summed E-state index contributed by atoms with van der Waals surface area (Å²) in [5.74, 6) is -2.13. The summed E-state index contributed by atoms with van der Waals surface area (Å²) in [6, 6.07) is 1.52. The zero-order chi connectivity index (χ0) is 17.1. The Morgan fingerprint density at radius 2 is 1.91 bits per heavy atom. The fourth-order valence-electron chi connectivity index (χ4n) is 1.60. The molecular formula is C12H14F4N2O3S. The summed E-state index contributed by atoms with van der Waals surface area (Å²) in [6.07, 6.45) is -3.99. The minimum atomic E-state index is -4.85. The standard InChI is InChI=1S/C12H14F4N2O3S/c1-7(18-11(19)6-17-22(2,20)21)8-3-4-10(13)9(5-8)12(14,15)16/h3-5,7,17H,6H2,1-2H3,(H,18,19)/t7-/m1/s1. The highest BCUT2D eigenvalue weighted by molar-refractivity contribution is 7.88. The van der Waals surface area contributed by atoms with Gasteiger partial charge in [-0.15, -0.1) is 0 Å². The zero-order valence-electron chi connectivity index (χ0n) is 11.7. The molecule has 0 fully saturated rings. The van der Waals surface area contributed by atoms with E-state index in [0.29, 0.717) is 12.1 Å². The fraction of sp³-hybridized carbons (Fsp3) is 0.417. The number of rotatable bonds is 5. The number of carbonyl (C=O) groups is 1. The van der Waals surface area contributed by atoms with Gasteiger partial charge in [0.1, 0.15) is 5.82 Å². The average Bonchev–Trinajstić information content (AvgIpc) is 2.34. The molecule has 0 unspecified atom stereocenters. The molecule has 0 saturated carbocycles. The summed E-state index contributed by atoms with van der Waals surface area (Å²) >= 11 is 0. The van der Waals surface area contributed by atoms with E-state index in [1.807, 2.05) is 4.72 Å². The van der Waals surface area contributed by atoms with Crippen molar-refractivity contribution in [1.82, 2.24) is 10.0 Å². The van der Waals surface area contributed by atoms with Gasteiger partial charge in [-0.05, 0) is 24.6 Å². The Hall–Kier alpha value is -1.68. The van der Waals surface area contributed by atoms with Gasteiger partial charge in [-0.3, -0.25) is 4.79 Å². The minimum absolute atomic E-state index is 0.0430. The SMILES string of the molecule is C[C@@H](NC(=O)CNS(C)(=O)=O)c1ccc(F)c(C(F)(F)F)c1. The third kappa shape index (κ3) is 5.60. The molecule has 0 spiro atoms. The lowest BCUT2D eigenvalue weighted by Gasteiger charge is -2.16. The van der Waals surface area contributed by atoms with E-state index >= 15 is 0 Å². The van der Waals surface area contributed by atoms with Crippen LogP contribution in [0.1, 0.15) is 24.1 Å². The van der Waals surface area contributed by atoms with Gasteiger partial charge in [0.15, 0.2) is 0 Å². The highest BCUT2D eigenvalue weighted by Crippen LogP contribution is 2.32. The van der Waals surface area contributed by atoms with Crippen LogP contribution in [0.2, 0.25) is 0 Å². The molecule has 0 aromatic heterocycles. The Bertz CT molecular complexity index is 659. The molecule has 0 radical (unpaired) electrons. The van der Waals surface area contributed by atoms with Gasteiger partial charge in [0.25, 0.3) is 0 Å². The normalized spacial score (nSPS) is 13.7. The Morgan fingerprint density at radius 1 is 1.32 bits per heavy atom. The van der Waals surface area contributed by atoms with Gasteiger partial charge in [-0.1, -0.05) is 6.07 Å². The van der Waals surface area contributed by atoms with Crippen LogP contribution in [0.5, 0.6) is 0 Å². The molecule has 1 aromatic rings. The predicted octanol–water partition coefficient (Wildman–Crippen LogP) is 1.57. The van der Waals surface area contributed by atoms with Crippen LogP contribution in [0, 0.1) is 5.82 Å². The van der Waals surface area contributed by atoms with Gasteiger partial charge in [0.05, 0.1) is 24.4 Å². The van der Waals surface area contributed by atoms with Gasteiger partial charge < -0.3 is 5.32 Å². The van der Waals surface area contributed by atoms with Gasteiger partial charge in [-0.2, -0.15) is 13.2 Å². The second kappa shape index (κ2) is 6.61. The van der Waals surface area contributed by atoms with Gasteiger partial charge in [-0.25, -0.2) is 17.5 Å². The lowest BCUT2D eigenvalue weighted by Crippen LogP contribution is -2.37. The topological polar surface area (TPSA) is 75.3 Å². The van der Waals surface area contributed by atoms with E-state index in [1.165, 1.54) is 6.92 Å². The molecule has 0 aliphatic rings. The number of amides is 1. The van der Waals surface area contributed by atoms with Crippen molar-refractivity contribution in [3.05, 3.63) is 35.1 Å². The van der Waals surface area contributed by atoms with E-state index in [0.717, 1.165) is 12.3 Å². The zero-order valence-corrected chi connectivity index (χ0v) is 12.5. The van der Waals surface area contributed by atoms with E-state index in [1.54, 1.807) is 0 Å². The number of alkyl halides is 3. The molecule has 22 heavy (non-hydrogen) atoms. The van der Waals surface area contributed by atoms with Crippen molar-refractivity contribution < 1.29 is 30.8 Å². The van der Waals surface area contributed by atoms with Gasteiger partial charge in [0.2, 0.25) is 15.9 Å². The highest BCUT2D eigenvalue weighted by Gasteiger charge is 2.34. The lowest BCUT2D eigenvalue weighted by atomic mass is 10.0. The first-order valence-electron chi connectivity index (χ1n) is 6.01. The summed E-state index contributed by atoms with van der Waals surface area (Å²) in [6.45, 7) is 0.849. The van der Waals surface area contributed by atoms with Crippen LogP contribution >= 0.6 is 0 Å². The van der Waals surface area contributed by atoms with Crippen molar-refractivity contribution in [1.29, 1.82) is 0 Å². The second-order valence-electron chi connectivity index (χ2n) is 4.62. The van der Waals surface area contributed by atoms with Crippen molar-refractivity contribution in [2.45, 2.75) is 19.1 Å². The molecule has 0 saturated heterocycles. The first-order valence-corrected chi connectivity index (χ1v) is 7.90. The molecule has 1 rings (SSSR count). The molecule has 0 aliphatic carbocycles. The number of nitrogens with one attached hydrogen (secondary N) is 2. The van der Waals surface area contributed by atoms with E-state index < -0.39 is 46.1 Å². The molecule has 124 valence electrons. The van der Waals surface area contributed by atoms with E-state index in [2.05, 4.69) is 5.32 Å². The Labute approximate surface area is 124 Å². The van der Waals surface area contributed by atoms with Gasteiger partial charge >= 0.3 is 6.18 Å². The molecule has 5 nitrogen and oxygen atoms in total.